The first-order valence-corrected chi connectivity index (χ1v) is 16.6. The SMILES string of the molecule is COc1nc(S(C)(=N)=O)ccc1NCC#Cc1sc2c(NC3CCS(=N)(=O)CC3)cccc2c1CC(F)(F)F. The van der Waals surface area contributed by atoms with Crippen molar-refractivity contribution in [1.82, 2.24) is 4.98 Å². The summed E-state index contributed by atoms with van der Waals surface area (Å²) in [5.74, 6) is 6.50. The number of rotatable bonds is 7. The zero-order valence-electron chi connectivity index (χ0n) is 21.2. The lowest BCUT2D eigenvalue weighted by Crippen LogP contribution is -2.31. The van der Waals surface area contributed by atoms with Gasteiger partial charge in [0.1, 0.15) is 5.03 Å². The first kappa shape index (κ1) is 29.0. The van der Waals surface area contributed by atoms with Crippen LogP contribution in [0.5, 0.6) is 5.88 Å². The van der Waals surface area contributed by atoms with Crippen molar-refractivity contribution < 1.29 is 26.3 Å². The molecule has 0 spiro atoms. The summed E-state index contributed by atoms with van der Waals surface area (Å²) in [5.41, 5.74) is 1.27. The summed E-state index contributed by atoms with van der Waals surface area (Å²) >= 11 is 1.19. The highest BCUT2D eigenvalue weighted by Crippen LogP contribution is 2.39. The van der Waals surface area contributed by atoms with Crippen LogP contribution in [-0.4, -0.2) is 57.0 Å². The Balaban J connectivity index is 1.60. The highest BCUT2D eigenvalue weighted by atomic mass is 32.2. The second-order valence-corrected chi connectivity index (χ2v) is 14.8. The van der Waals surface area contributed by atoms with Crippen LogP contribution in [0.4, 0.5) is 24.5 Å². The molecule has 1 aromatic carbocycles. The number of benzene rings is 1. The minimum Gasteiger partial charge on any atom is -0.479 e. The van der Waals surface area contributed by atoms with E-state index in [0.717, 1.165) is 0 Å². The molecule has 4 rings (SSSR count). The Kier molecular flexibility index (Phi) is 8.34. The van der Waals surface area contributed by atoms with Crippen molar-refractivity contribution in [3.63, 3.8) is 0 Å². The molecule has 3 heterocycles. The number of methoxy groups -OCH3 is 1. The highest BCUT2D eigenvalue weighted by Gasteiger charge is 2.31. The van der Waals surface area contributed by atoms with Crippen LogP contribution in [0.25, 0.3) is 10.1 Å². The Morgan fingerprint density at radius 3 is 2.59 bits per heavy atom. The molecule has 210 valence electrons. The summed E-state index contributed by atoms with van der Waals surface area (Å²) in [4.78, 5) is 4.41. The summed E-state index contributed by atoms with van der Waals surface area (Å²) < 4.78 is 85.8. The van der Waals surface area contributed by atoms with Crippen LogP contribution in [0.1, 0.15) is 23.3 Å². The van der Waals surface area contributed by atoms with Gasteiger partial charge in [-0.25, -0.2) is 18.2 Å². The number of halogens is 3. The van der Waals surface area contributed by atoms with E-state index in [9.17, 15) is 21.6 Å². The molecular weight excluding hydrogens is 572 g/mol. The van der Waals surface area contributed by atoms with Gasteiger partial charge < -0.3 is 15.4 Å². The van der Waals surface area contributed by atoms with E-state index in [1.807, 2.05) is 6.07 Å². The van der Waals surface area contributed by atoms with Crippen molar-refractivity contribution in [3.8, 4) is 17.7 Å². The number of hydrogen-bond acceptors (Lipinski definition) is 9. The quantitative estimate of drug-likeness (QED) is 0.265. The molecule has 1 unspecified atom stereocenters. The molecule has 0 amide bonds. The van der Waals surface area contributed by atoms with Crippen molar-refractivity contribution in [3.05, 3.63) is 40.8 Å². The third kappa shape index (κ3) is 7.34. The molecule has 8 nitrogen and oxygen atoms in total. The molecule has 0 aliphatic carbocycles. The molecular formula is C25H28F3N5O3S3. The van der Waals surface area contributed by atoms with Gasteiger partial charge in [0.2, 0.25) is 5.88 Å². The molecule has 4 N–H and O–H groups in total. The van der Waals surface area contributed by atoms with E-state index in [2.05, 4.69) is 27.5 Å². The van der Waals surface area contributed by atoms with Gasteiger partial charge in [-0.1, -0.05) is 24.0 Å². The van der Waals surface area contributed by atoms with Crippen LogP contribution in [0, 0.1) is 21.4 Å². The summed E-state index contributed by atoms with van der Waals surface area (Å²) in [6.07, 6.45) is -3.15. The Labute approximate surface area is 229 Å². The van der Waals surface area contributed by atoms with Gasteiger partial charge in [0, 0.05) is 33.5 Å². The predicted molar refractivity (Wildman–Crippen MR) is 150 cm³/mol. The van der Waals surface area contributed by atoms with E-state index in [0.29, 0.717) is 50.7 Å². The fraction of sp³-hybridized carbons (Fsp3) is 0.400. The van der Waals surface area contributed by atoms with E-state index < -0.39 is 32.1 Å². The number of pyridine rings is 1. The van der Waals surface area contributed by atoms with E-state index in [-0.39, 0.29) is 29.1 Å². The van der Waals surface area contributed by atoms with Gasteiger partial charge in [-0.05, 0) is 42.0 Å². The van der Waals surface area contributed by atoms with Gasteiger partial charge in [-0.3, -0.25) is 4.78 Å². The molecule has 1 saturated heterocycles. The maximum absolute atomic E-state index is 13.5. The molecule has 14 heteroatoms. The predicted octanol–water partition coefficient (Wildman–Crippen LogP) is 5.53. The second-order valence-electron chi connectivity index (χ2n) is 9.23. The molecule has 3 aromatic rings. The molecule has 0 radical (unpaired) electrons. The van der Waals surface area contributed by atoms with Crippen LogP contribution < -0.4 is 15.4 Å². The zero-order valence-corrected chi connectivity index (χ0v) is 23.7. The fourth-order valence-corrected chi connectivity index (χ4v) is 7.52. The molecule has 0 bridgehead atoms. The smallest absolute Gasteiger partial charge is 0.393 e. The van der Waals surface area contributed by atoms with Gasteiger partial charge in [-0.2, -0.15) is 13.2 Å². The number of aromatic nitrogens is 1. The van der Waals surface area contributed by atoms with E-state index in [4.69, 9.17) is 14.3 Å². The largest absolute Gasteiger partial charge is 0.479 e. The summed E-state index contributed by atoms with van der Waals surface area (Å²) in [6, 6.07) is 8.20. The molecule has 1 fully saturated rings. The molecule has 0 saturated carbocycles. The first-order valence-electron chi connectivity index (χ1n) is 11.9. The molecule has 1 atom stereocenters. The Morgan fingerprint density at radius 2 is 1.95 bits per heavy atom. The van der Waals surface area contributed by atoms with Crippen LogP contribution in [-0.2, 0) is 25.9 Å². The lowest BCUT2D eigenvalue weighted by molar-refractivity contribution is -0.126. The summed E-state index contributed by atoms with van der Waals surface area (Å²) in [5, 5.41) is 6.95. The van der Waals surface area contributed by atoms with Crippen molar-refractivity contribution >= 4 is 52.3 Å². The highest BCUT2D eigenvalue weighted by molar-refractivity contribution is 7.92. The van der Waals surface area contributed by atoms with E-state index in [1.165, 1.54) is 30.8 Å². The topological polar surface area (TPSA) is 128 Å². The Morgan fingerprint density at radius 1 is 1.23 bits per heavy atom. The number of thiophene rings is 1. The van der Waals surface area contributed by atoms with Gasteiger partial charge in [0.15, 0.2) is 0 Å². The average Bonchev–Trinajstić information content (AvgIpc) is 3.19. The standard InChI is InChI=1S/C25H28F3N5O3S3/c1-36-24-20(8-9-22(33-24)38(2,29)34)31-12-4-7-21-18(15-25(26,27)28)17-5-3-6-19(23(17)37-21)32-16-10-13-39(30,35)14-11-16/h3,5-6,8-9,16,29-32H,10-15H2,1-2H3. The minimum atomic E-state index is -4.42. The molecule has 1 aliphatic rings. The average molecular weight is 600 g/mol. The van der Waals surface area contributed by atoms with Crippen LogP contribution >= 0.6 is 11.3 Å². The van der Waals surface area contributed by atoms with Gasteiger partial charge in [-0.15, -0.1) is 11.3 Å². The lowest BCUT2D eigenvalue weighted by Gasteiger charge is -2.25. The maximum atomic E-state index is 13.5. The molecule has 2 aromatic heterocycles. The maximum Gasteiger partial charge on any atom is 0.393 e. The summed E-state index contributed by atoms with van der Waals surface area (Å²) in [7, 11) is -4.18. The minimum absolute atomic E-state index is 0.00598. The van der Waals surface area contributed by atoms with Crippen molar-refractivity contribution in [2.24, 2.45) is 0 Å². The number of alkyl halides is 3. The van der Waals surface area contributed by atoms with Crippen LogP contribution in [0.2, 0.25) is 0 Å². The Bertz CT molecular complexity index is 1640. The monoisotopic (exact) mass is 599 g/mol. The number of hydrogen-bond donors (Lipinski definition) is 4. The van der Waals surface area contributed by atoms with Crippen molar-refractivity contribution in [1.29, 1.82) is 9.56 Å². The number of nitrogens with zero attached hydrogens (tertiary/aromatic N) is 1. The van der Waals surface area contributed by atoms with Crippen molar-refractivity contribution in [2.75, 3.05) is 42.0 Å². The first-order chi connectivity index (χ1) is 18.3. The molecule has 1 aliphatic heterocycles. The normalized spacial score (nSPS) is 21.0. The number of fused-ring (bicyclic) bond motifs is 1. The van der Waals surface area contributed by atoms with Crippen LogP contribution in [0.3, 0.4) is 0 Å². The number of nitrogens with one attached hydrogen (secondary N) is 4. The zero-order chi connectivity index (χ0) is 28.4. The van der Waals surface area contributed by atoms with Gasteiger partial charge in [0.25, 0.3) is 0 Å². The molecule has 39 heavy (non-hydrogen) atoms. The lowest BCUT2D eigenvalue weighted by atomic mass is 10.1. The third-order valence-electron chi connectivity index (χ3n) is 6.14. The van der Waals surface area contributed by atoms with Crippen molar-refractivity contribution in [2.45, 2.75) is 36.5 Å². The third-order valence-corrected chi connectivity index (χ3v) is 10.2. The number of ether oxygens (including phenoxy) is 1. The van der Waals surface area contributed by atoms with Gasteiger partial charge >= 0.3 is 6.18 Å². The van der Waals surface area contributed by atoms with E-state index >= 15 is 0 Å². The number of anilines is 2. The summed E-state index contributed by atoms with van der Waals surface area (Å²) in [6.45, 7) is 0.0824. The van der Waals surface area contributed by atoms with Gasteiger partial charge in [0.05, 0.1) is 50.8 Å². The van der Waals surface area contributed by atoms with E-state index in [1.54, 1.807) is 18.2 Å². The fourth-order valence-electron chi connectivity index (χ4n) is 4.23. The Hall–Kier alpha value is -3.02. The van der Waals surface area contributed by atoms with Crippen LogP contribution in [0.15, 0.2) is 35.4 Å². The second kappa shape index (κ2) is 11.2.